The van der Waals surface area contributed by atoms with Gasteiger partial charge in [-0.25, -0.2) is 0 Å². The lowest BCUT2D eigenvalue weighted by Gasteiger charge is -2.05. The van der Waals surface area contributed by atoms with Crippen LogP contribution in [0.15, 0.2) is 23.0 Å². The predicted octanol–water partition coefficient (Wildman–Crippen LogP) is 2.68. The molecule has 0 aromatic carbocycles. The number of H-pyrrole nitrogens is 1. The maximum Gasteiger partial charge on any atom is 0.226 e. The summed E-state index contributed by atoms with van der Waals surface area (Å²) in [5, 5.41) is 15.1. The number of hydrogen-bond acceptors (Lipinski definition) is 5. The molecule has 7 heteroatoms. The molecule has 0 aliphatic heterocycles. The number of rotatable bonds is 3. The van der Waals surface area contributed by atoms with Crippen molar-refractivity contribution in [3.8, 4) is 0 Å². The molecule has 17 heavy (non-hydrogen) atoms. The predicted molar refractivity (Wildman–Crippen MR) is 68.3 cm³/mol. The molecular weight excluding hydrogens is 258 g/mol. The number of fused-ring (bicyclic) bond motifs is 1. The van der Waals surface area contributed by atoms with Gasteiger partial charge in [0.25, 0.3) is 0 Å². The van der Waals surface area contributed by atoms with Crippen LogP contribution in [0.25, 0.3) is 11.0 Å². The summed E-state index contributed by atoms with van der Waals surface area (Å²) < 4.78 is 0. The van der Waals surface area contributed by atoms with E-state index in [1.54, 1.807) is 17.5 Å². The normalized spacial score (nSPS) is 10.9. The van der Waals surface area contributed by atoms with E-state index < -0.39 is 0 Å². The summed E-state index contributed by atoms with van der Waals surface area (Å²) in [6.45, 7) is 0.705. The van der Waals surface area contributed by atoms with E-state index in [2.05, 4.69) is 36.9 Å². The van der Waals surface area contributed by atoms with Crippen LogP contribution in [0.3, 0.4) is 0 Å². The minimum atomic E-state index is 0.203. The van der Waals surface area contributed by atoms with Crippen LogP contribution in [0.5, 0.6) is 0 Å². The molecule has 0 bridgehead atoms. The third-order valence-electron chi connectivity index (χ3n) is 2.32. The second kappa shape index (κ2) is 4.31. The Hall–Kier alpha value is -1.66. The second-order valence-electron chi connectivity index (χ2n) is 3.46. The molecule has 3 aromatic rings. The fourth-order valence-electron chi connectivity index (χ4n) is 1.52. The molecule has 0 fully saturated rings. The van der Waals surface area contributed by atoms with Gasteiger partial charge in [0, 0.05) is 6.54 Å². The number of aromatic amines is 1. The molecule has 0 radical (unpaired) electrons. The molecule has 3 aromatic heterocycles. The highest BCUT2D eigenvalue weighted by atomic mass is 35.5. The molecule has 0 aliphatic carbocycles. The molecule has 0 atom stereocenters. The van der Waals surface area contributed by atoms with Gasteiger partial charge in [0.1, 0.15) is 5.82 Å². The quantitative estimate of drug-likeness (QED) is 0.715. The Labute approximate surface area is 106 Å². The SMILES string of the molecule is Clc1nc(NCc2ccsc2)c2cn[nH]c2n1. The van der Waals surface area contributed by atoms with Crippen molar-refractivity contribution < 1.29 is 0 Å². The highest BCUT2D eigenvalue weighted by molar-refractivity contribution is 7.07. The molecule has 5 nitrogen and oxygen atoms in total. The van der Waals surface area contributed by atoms with Crippen molar-refractivity contribution in [1.82, 2.24) is 20.2 Å². The number of thiophene rings is 1. The van der Waals surface area contributed by atoms with Crippen LogP contribution in [0.4, 0.5) is 5.82 Å². The van der Waals surface area contributed by atoms with Crippen LogP contribution in [-0.2, 0) is 6.54 Å². The molecule has 2 N–H and O–H groups in total. The Morgan fingerprint density at radius 2 is 2.35 bits per heavy atom. The zero-order chi connectivity index (χ0) is 11.7. The van der Waals surface area contributed by atoms with Gasteiger partial charge in [-0.3, -0.25) is 5.10 Å². The van der Waals surface area contributed by atoms with Crippen LogP contribution in [0.1, 0.15) is 5.56 Å². The van der Waals surface area contributed by atoms with E-state index in [-0.39, 0.29) is 5.28 Å². The van der Waals surface area contributed by atoms with E-state index in [1.807, 2.05) is 5.38 Å². The molecule has 0 saturated heterocycles. The summed E-state index contributed by atoms with van der Waals surface area (Å²) in [7, 11) is 0. The summed E-state index contributed by atoms with van der Waals surface area (Å²) in [6.07, 6.45) is 1.68. The van der Waals surface area contributed by atoms with Gasteiger partial charge >= 0.3 is 0 Å². The van der Waals surface area contributed by atoms with Crippen LogP contribution in [0.2, 0.25) is 5.28 Å². The van der Waals surface area contributed by atoms with Crippen molar-refractivity contribution in [1.29, 1.82) is 0 Å². The summed E-state index contributed by atoms with van der Waals surface area (Å²) in [4.78, 5) is 8.20. The fourth-order valence-corrected chi connectivity index (χ4v) is 2.36. The molecule has 0 unspecified atom stereocenters. The number of halogens is 1. The third kappa shape index (κ3) is 2.09. The first kappa shape index (κ1) is 10.5. The minimum Gasteiger partial charge on any atom is -0.365 e. The third-order valence-corrected chi connectivity index (χ3v) is 3.22. The summed E-state index contributed by atoms with van der Waals surface area (Å²) in [5.41, 5.74) is 1.85. The fraction of sp³-hybridized carbons (Fsp3) is 0.100. The Morgan fingerprint density at radius 1 is 1.41 bits per heavy atom. The van der Waals surface area contributed by atoms with Crippen LogP contribution in [0, 0.1) is 0 Å². The van der Waals surface area contributed by atoms with E-state index in [1.165, 1.54) is 5.56 Å². The van der Waals surface area contributed by atoms with Crippen molar-refractivity contribution in [3.05, 3.63) is 33.9 Å². The first-order valence-corrected chi connectivity index (χ1v) is 6.26. The van der Waals surface area contributed by atoms with Gasteiger partial charge in [0.05, 0.1) is 11.6 Å². The van der Waals surface area contributed by atoms with Gasteiger partial charge in [-0.2, -0.15) is 26.4 Å². The first-order chi connectivity index (χ1) is 8.33. The highest BCUT2D eigenvalue weighted by Crippen LogP contribution is 2.20. The summed E-state index contributed by atoms with van der Waals surface area (Å²) in [5.74, 6) is 0.694. The molecular formula is C10H8ClN5S. The van der Waals surface area contributed by atoms with Crippen molar-refractivity contribution in [2.45, 2.75) is 6.54 Å². The largest absolute Gasteiger partial charge is 0.365 e. The smallest absolute Gasteiger partial charge is 0.226 e. The molecule has 0 amide bonds. The van der Waals surface area contributed by atoms with Crippen molar-refractivity contribution in [2.24, 2.45) is 0 Å². The maximum absolute atomic E-state index is 5.83. The highest BCUT2D eigenvalue weighted by Gasteiger charge is 2.07. The van der Waals surface area contributed by atoms with Gasteiger partial charge in [-0.05, 0) is 34.0 Å². The van der Waals surface area contributed by atoms with E-state index in [9.17, 15) is 0 Å². The van der Waals surface area contributed by atoms with Crippen LogP contribution in [-0.4, -0.2) is 20.2 Å². The molecule has 86 valence electrons. The van der Waals surface area contributed by atoms with E-state index in [0.717, 1.165) is 5.39 Å². The first-order valence-electron chi connectivity index (χ1n) is 4.94. The van der Waals surface area contributed by atoms with Gasteiger partial charge in [0.2, 0.25) is 5.28 Å². The van der Waals surface area contributed by atoms with Gasteiger partial charge in [-0.15, -0.1) is 0 Å². The molecule has 3 heterocycles. The average Bonchev–Trinajstić information content (AvgIpc) is 2.95. The van der Waals surface area contributed by atoms with E-state index in [0.29, 0.717) is 18.0 Å². The number of hydrogen-bond donors (Lipinski definition) is 2. The maximum atomic E-state index is 5.83. The van der Waals surface area contributed by atoms with Crippen LogP contribution >= 0.6 is 22.9 Å². The van der Waals surface area contributed by atoms with E-state index in [4.69, 9.17) is 11.6 Å². The molecule has 0 spiro atoms. The monoisotopic (exact) mass is 265 g/mol. The van der Waals surface area contributed by atoms with Gasteiger partial charge < -0.3 is 5.32 Å². The second-order valence-corrected chi connectivity index (χ2v) is 4.58. The Bertz CT molecular complexity index is 633. The van der Waals surface area contributed by atoms with Crippen molar-refractivity contribution >= 4 is 39.8 Å². The lowest BCUT2D eigenvalue weighted by Crippen LogP contribution is -2.01. The molecule has 0 saturated carbocycles. The van der Waals surface area contributed by atoms with Gasteiger partial charge in [0.15, 0.2) is 5.65 Å². The van der Waals surface area contributed by atoms with Crippen molar-refractivity contribution in [3.63, 3.8) is 0 Å². The number of nitrogens with zero attached hydrogens (tertiary/aromatic N) is 3. The Morgan fingerprint density at radius 3 is 3.18 bits per heavy atom. The number of nitrogens with one attached hydrogen (secondary N) is 2. The van der Waals surface area contributed by atoms with E-state index >= 15 is 0 Å². The van der Waals surface area contributed by atoms with Crippen molar-refractivity contribution in [2.75, 3.05) is 5.32 Å². The molecule has 0 aliphatic rings. The zero-order valence-electron chi connectivity index (χ0n) is 8.64. The topological polar surface area (TPSA) is 66.5 Å². The standard InChI is InChI=1S/C10H8ClN5S/c11-10-14-8(7-4-13-16-9(7)15-10)12-3-6-1-2-17-5-6/h1-2,4-5H,3H2,(H2,12,13,14,15,16). The summed E-state index contributed by atoms with van der Waals surface area (Å²) >= 11 is 7.50. The Kier molecular flexibility index (Phi) is 2.66. The summed E-state index contributed by atoms with van der Waals surface area (Å²) in [6, 6.07) is 2.06. The Balaban J connectivity index is 1.91. The molecule has 3 rings (SSSR count). The average molecular weight is 266 g/mol. The minimum absolute atomic E-state index is 0.203. The van der Waals surface area contributed by atoms with Gasteiger partial charge in [-0.1, -0.05) is 0 Å². The van der Waals surface area contributed by atoms with Crippen LogP contribution < -0.4 is 5.32 Å². The lowest BCUT2D eigenvalue weighted by atomic mass is 10.3. The number of anilines is 1. The number of aromatic nitrogens is 4. The zero-order valence-corrected chi connectivity index (χ0v) is 10.2. The lowest BCUT2D eigenvalue weighted by molar-refractivity contribution is 1.08.